The van der Waals surface area contributed by atoms with Crippen LogP contribution < -0.4 is 10.6 Å². The first kappa shape index (κ1) is 13.6. The second-order valence-electron chi connectivity index (χ2n) is 5.68. The van der Waals surface area contributed by atoms with Crippen molar-refractivity contribution in [2.75, 3.05) is 18.0 Å². The predicted octanol–water partition coefficient (Wildman–Crippen LogP) is 2.21. The number of fused-ring (bicyclic) bond motifs is 1. The van der Waals surface area contributed by atoms with Crippen LogP contribution in [0.25, 0.3) is 0 Å². The van der Waals surface area contributed by atoms with Crippen LogP contribution in [0.2, 0.25) is 5.02 Å². The van der Waals surface area contributed by atoms with Crippen LogP contribution in [0.1, 0.15) is 19.3 Å². The third kappa shape index (κ3) is 2.33. The molecule has 20 heavy (non-hydrogen) atoms. The third-order valence-electron chi connectivity index (χ3n) is 4.47. The lowest BCUT2D eigenvalue weighted by atomic mass is 9.78. The summed E-state index contributed by atoms with van der Waals surface area (Å²) >= 11 is 6.15. The number of rotatable bonds is 2. The molecule has 1 aromatic heterocycles. The molecule has 0 radical (unpaired) electrons. The van der Waals surface area contributed by atoms with E-state index in [-0.39, 0.29) is 11.7 Å². The van der Waals surface area contributed by atoms with Gasteiger partial charge in [-0.2, -0.15) is 0 Å². The number of nitrogens with two attached hydrogens (primary N) is 1. The van der Waals surface area contributed by atoms with Crippen molar-refractivity contribution in [3.8, 4) is 0 Å². The first-order valence-corrected chi connectivity index (χ1v) is 7.24. The van der Waals surface area contributed by atoms with E-state index in [2.05, 4.69) is 9.88 Å². The topological polar surface area (TPSA) is 85.3 Å². The number of aromatic nitrogens is 1. The normalized spacial score (nSPS) is 29.3. The molecule has 108 valence electrons. The monoisotopic (exact) mass is 296 g/mol. The van der Waals surface area contributed by atoms with Gasteiger partial charge in [-0.25, -0.2) is 4.98 Å². The van der Waals surface area contributed by atoms with Crippen LogP contribution in [0.3, 0.4) is 0 Å². The molecule has 0 aromatic carbocycles. The van der Waals surface area contributed by atoms with Crippen LogP contribution >= 0.6 is 11.6 Å². The zero-order valence-electron chi connectivity index (χ0n) is 11.0. The molecule has 2 aliphatic rings. The molecule has 0 bridgehead atoms. The lowest BCUT2D eigenvalue weighted by Gasteiger charge is -2.29. The van der Waals surface area contributed by atoms with Gasteiger partial charge in [0.1, 0.15) is 12.0 Å². The maximum atomic E-state index is 10.7. The Bertz CT molecular complexity index is 539. The second-order valence-corrected chi connectivity index (χ2v) is 6.09. The van der Waals surface area contributed by atoms with Crippen LogP contribution in [0, 0.1) is 22.0 Å². The van der Waals surface area contributed by atoms with E-state index < -0.39 is 4.92 Å². The predicted molar refractivity (Wildman–Crippen MR) is 76.9 cm³/mol. The van der Waals surface area contributed by atoms with E-state index >= 15 is 0 Å². The fourth-order valence-electron chi connectivity index (χ4n) is 3.44. The van der Waals surface area contributed by atoms with Crippen molar-refractivity contribution in [2.45, 2.75) is 25.3 Å². The minimum absolute atomic E-state index is 0.0768. The van der Waals surface area contributed by atoms with Gasteiger partial charge in [0, 0.05) is 25.2 Å². The van der Waals surface area contributed by atoms with E-state index in [1.807, 2.05) is 0 Å². The Morgan fingerprint density at radius 1 is 1.45 bits per heavy atom. The number of hydrogen-bond donors (Lipinski definition) is 1. The van der Waals surface area contributed by atoms with Gasteiger partial charge in [-0.15, -0.1) is 0 Å². The van der Waals surface area contributed by atoms with Crippen LogP contribution in [-0.2, 0) is 0 Å². The molecule has 1 aliphatic carbocycles. The van der Waals surface area contributed by atoms with Crippen molar-refractivity contribution in [3.05, 3.63) is 27.4 Å². The number of pyridine rings is 1. The molecular formula is C13H17ClN4O2. The van der Waals surface area contributed by atoms with Crippen molar-refractivity contribution in [1.29, 1.82) is 0 Å². The van der Waals surface area contributed by atoms with E-state index in [4.69, 9.17) is 17.3 Å². The van der Waals surface area contributed by atoms with Crippen molar-refractivity contribution >= 4 is 23.1 Å². The fraction of sp³-hybridized carbons (Fsp3) is 0.615. The standard InChI is InChI=1S/C13H17ClN4O2/c14-11-4-9(18(19)20)5-16-13(11)17-6-8-2-1-3-12(15)10(8)7-17/h4-5,8,10,12H,1-3,6-7,15H2. The first-order valence-electron chi connectivity index (χ1n) is 6.86. The molecule has 3 atom stereocenters. The third-order valence-corrected chi connectivity index (χ3v) is 4.75. The van der Waals surface area contributed by atoms with Crippen LogP contribution in [0.15, 0.2) is 12.3 Å². The molecule has 2 fully saturated rings. The van der Waals surface area contributed by atoms with Gasteiger partial charge in [-0.3, -0.25) is 10.1 Å². The highest BCUT2D eigenvalue weighted by Gasteiger charge is 2.39. The molecule has 6 nitrogen and oxygen atoms in total. The number of nitrogens with zero attached hydrogens (tertiary/aromatic N) is 3. The molecule has 2 N–H and O–H groups in total. The molecule has 0 spiro atoms. The largest absolute Gasteiger partial charge is 0.355 e. The number of anilines is 1. The summed E-state index contributed by atoms with van der Waals surface area (Å²) in [4.78, 5) is 16.5. The Balaban J connectivity index is 1.82. The Hall–Kier alpha value is -1.40. The zero-order chi connectivity index (χ0) is 14.3. The van der Waals surface area contributed by atoms with Gasteiger partial charge in [-0.1, -0.05) is 18.0 Å². The highest BCUT2D eigenvalue weighted by Crippen LogP contribution is 2.39. The van der Waals surface area contributed by atoms with Gasteiger partial charge >= 0.3 is 0 Å². The highest BCUT2D eigenvalue weighted by atomic mass is 35.5. The van der Waals surface area contributed by atoms with E-state index in [1.54, 1.807) is 0 Å². The summed E-state index contributed by atoms with van der Waals surface area (Å²) in [5, 5.41) is 11.0. The molecule has 3 rings (SSSR count). The Morgan fingerprint density at radius 3 is 2.90 bits per heavy atom. The van der Waals surface area contributed by atoms with Crippen LogP contribution in [-0.4, -0.2) is 29.0 Å². The number of nitro groups is 1. The van der Waals surface area contributed by atoms with Gasteiger partial charge in [0.2, 0.25) is 0 Å². The summed E-state index contributed by atoms with van der Waals surface area (Å²) in [7, 11) is 0. The average Bonchev–Trinajstić information content (AvgIpc) is 2.83. The molecule has 1 aliphatic heterocycles. The highest BCUT2D eigenvalue weighted by molar-refractivity contribution is 6.33. The van der Waals surface area contributed by atoms with Crippen LogP contribution in [0.5, 0.6) is 0 Å². The van der Waals surface area contributed by atoms with E-state index in [0.29, 0.717) is 22.7 Å². The summed E-state index contributed by atoms with van der Waals surface area (Å²) in [6.45, 7) is 1.74. The van der Waals surface area contributed by atoms with Gasteiger partial charge in [0.05, 0.1) is 9.95 Å². The minimum atomic E-state index is -0.484. The Morgan fingerprint density at radius 2 is 2.25 bits per heavy atom. The maximum absolute atomic E-state index is 10.7. The molecular weight excluding hydrogens is 280 g/mol. The van der Waals surface area contributed by atoms with Gasteiger partial charge in [0.15, 0.2) is 0 Å². The smallest absolute Gasteiger partial charge is 0.289 e. The van der Waals surface area contributed by atoms with Crippen molar-refractivity contribution in [2.24, 2.45) is 17.6 Å². The van der Waals surface area contributed by atoms with Crippen molar-refractivity contribution < 1.29 is 4.92 Å². The fourth-order valence-corrected chi connectivity index (χ4v) is 3.72. The van der Waals surface area contributed by atoms with E-state index in [9.17, 15) is 10.1 Å². The van der Waals surface area contributed by atoms with Crippen molar-refractivity contribution in [3.63, 3.8) is 0 Å². The molecule has 0 amide bonds. The summed E-state index contributed by atoms with van der Waals surface area (Å²) in [6, 6.07) is 1.61. The van der Waals surface area contributed by atoms with Gasteiger partial charge in [0.25, 0.3) is 5.69 Å². The zero-order valence-corrected chi connectivity index (χ0v) is 11.8. The van der Waals surface area contributed by atoms with Crippen LogP contribution in [0.4, 0.5) is 11.5 Å². The SMILES string of the molecule is NC1CCCC2CN(c3ncc([N+](=O)[O-])cc3Cl)CC12. The Labute approximate surface area is 122 Å². The van der Waals surface area contributed by atoms with Gasteiger partial charge in [-0.05, 0) is 24.7 Å². The quantitative estimate of drug-likeness (QED) is 0.668. The summed E-state index contributed by atoms with van der Waals surface area (Å²) in [5.41, 5.74) is 6.12. The number of halogens is 1. The number of hydrogen-bond acceptors (Lipinski definition) is 5. The second kappa shape index (κ2) is 5.18. The lowest BCUT2D eigenvalue weighted by Crippen LogP contribution is -2.38. The van der Waals surface area contributed by atoms with E-state index in [1.165, 1.54) is 25.1 Å². The molecule has 7 heteroatoms. The molecule has 3 unspecified atom stereocenters. The van der Waals surface area contributed by atoms with Crippen molar-refractivity contribution in [1.82, 2.24) is 4.98 Å². The minimum Gasteiger partial charge on any atom is -0.355 e. The molecule has 1 aromatic rings. The first-order chi connectivity index (χ1) is 9.56. The molecule has 2 heterocycles. The van der Waals surface area contributed by atoms with Gasteiger partial charge < -0.3 is 10.6 Å². The lowest BCUT2D eigenvalue weighted by molar-refractivity contribution is -0.385. The summed E-state index contributed by atoms with van der Waals surface area (Å²) in [5.74, 6) is 1.71. The summed E-state index contributed by atoms with van der Waals surface area (Å²) < 4.78 is 0. The molecule has 1 saturated heterocycles. The Kier molecular flexibility index (Phi) is 3.52. The van der Waals surface area contributed by atoms with E-state index in [0.717, 1.165) is 19.5 Å². The molecule has 1 saturated carbocycles. The summed E-state index contributed by atoms with van der Waals surface area (Å²) in [6.07, 6.45) is 4.72. The average molecular weight is 297 g/mol. The maximum Gasteiger partial charge on any atom is 0.289 e.